The lowest BCUT2D eigenvalue weighted by Gasteiger charge is -2.33. The van der Waals surface area contributed by atoms with Gasteiger partial charge in [-0.15, -0.1) is 0 Å². The molecule has 1 N–H and O–H groups in total. The summed E-state index contributed by atoms with van der Waals surface area (Å²) in [4.78, 5) is 12.2. The normalized spacial score (nSPS) is 20.3. The van der Waals surface area contributed by atoms with Gasteiger partial charge >= 0.3 is 8.80 Å². The molecule has 7 heteroatoms. The quantitative estimate of drug-likeness (QED) is 0.0866. The summed E-state index contributed by atoms with van der Waals surface area (Å²) in [5, 5.41) is 0.326. The largest absolute Gasteiger partial charge is 0.517 e. The summed E-state index contributed by atoms with van der Waals surface area (Å²) >= 11 is 1.47. The molecule has 226 valence electrons. The fourth-order valence-corrected chi connectivity index (χ4v) is 8.64. The zero-order chi connectivity index (χ0) is 27.6. The highest BCUT2D eigenvalue weighted by atomic mass is 32.2. The van der Waals surface area contributed by atoms with Crippen LogP contribution in [0.4, 0.5) is 0 Å². The van der Waals surface area contributed by atoms with Gasteiger partial charge in [0.2, 0.25) is 0 Å². The van der Waals surface area contributed by atoms with Crippen LogP contribution < -0.4 is 5.48 Å². The highest BCUT2D eigenvalue weighted by Gasteiger charge is 2.42. The van der Waals surface area contributed by atoms with Crippen LogP contribution in [0.15, 0.2) is 0 Å². The van der Waals surface area contributed by atoms with Crippen LogP contribution in [-0.4, -0.2) is 39.4 Å². The summed E-state index contributed by atoms with van der Waals surface area (Å²) in [7, 11) is -2.71. The number of hydrogen-bond acceptors (Lipinski definition) is 6. The fraction of sp³-hybridized carbons (Fsp3) is 0.968. The molecule has 1 aliphatic heterocycles. The van der Waals surface area contributed by atoms with Crippen LogP contribution in [0.2, 0.25) is 6.04 Å². The van der Waals surface area contributed by atoms with E-state index in [1.54, 1.807) is 0 Å². The lowest BCUT2D eigenvalue weighted by molar-refractivity contribution is -0.111. The average Bonchev–Trinajstić information content (AvgIpc) is 2.90. The average molecular weight is 574 g/mol. The minimum atomic E-state index is -2.71. The number of rotatable bonds is 25. The zero-order valence-corrected chi connectivity index (χ0v) is 27.3. The number of carbonyl (C=O) groups excluding carboxylic acids is 1. The predicted molar refractivity (Wildman–Crippen MR) is 166 cm³/mol. The Bertz CT molecular complexity index is 530. The van der Waals surface area contributed by atoms with Gasteiger partial charge in [0.25, 0.3) is 0 Å². The van der Waals surface area contributed by atoms with Crippen LogP contribution in [0.1, 0.15) is 156 Å². The lowest BCUT2D eigenvalue weighted by atomic mass is 9.97. The van der Waals surface area contributed by atoms with Crippen LogP contribution in [-0.2, 0) is 18.2 Å². The zero-order valence-electron chi connectivity index (χ0n) is 25.5. The van der Waals surface area contributed by atoms with Crippen molar-refractivity contribution in [2.24, 2.45) is 5.92 Å². The maximum atomic E-state index is 12.2. The third-order valence-corrected chi connectivity index (χ3v) is 11.5. The molecule has 0 amide bonds. The Hall–Kier alpha value is 0.0769. The molecule has 1 saturated heterocycles. The summed E-state index contributed by atoms with van der Waals surface area (Å²) < 4.78 is 18.5. The molecule has 0 spiro atoms. The van der Waals surface area contributed by atoms with Crippen molar-refractivity contribution in [1.82, 2.24) is 5.48 Å². The second-order valence-corrected chi connectivity index (χ2v) is 15.0. The maximum Gasteiger partial charge on any atom is 0.517 e. The van der Waals surface area contributed by atoms with Crippen LogP contribution in [0.5, 0.6) is 0 Å². The molecular formula is C31H63NO4SSi. The van der Waals surface area contributed by atoms with Crippen molar-refractivity contribution in [2.45, 2.75) is 162 Å². The third kappa shape index (κ3) is 20.0. The molecule has 1 aliphatic rings. The van der Waals surface area contributed by atoms with E-state index in [0.717, 1.165) is 44.2 Å². The first-order valence-corrected chi connectivity index (χ1v) is 19.4. The molecular weight excluding hydrogens is 510 g/mol. The molecule has 0 aromatic heterocycles. The first-order chi connectivity index (χ1) is 18.7. The van der Waals surface area contributed by atoms with Crippen molar-refractivity contribution in [3.8, 4) is 0 Å². The predicted octanol–water partition coefficient (Wildman–Crippen LogP) is 9.62. The molecule has 0 bridgehead atoms. The van der Waals surface area contributed by atoms with Crippen molar-refractivity contribution in [3.05, 3.63) is 0 Å². The molecule has 38 heavy (non-hydrogen) atoms. The van der Waals surface area contributed by atoms with Gasteiger partial charge in [0.1, 0.15) is 0 Å². The molecule has 2 atom stereocenters. The van der Waals surface area contributed by atoms with E-state index in [9.17, 15) is 4.79 Å². The number of carbonyl (C=O) groups is 1. The lowest BCUT2D eigenvalue weighted by Crippen LogP contribution is -2.52. The van der Waals surface area contributed by atoms with Gasteiger partial charge in [-0.05, 0) is 38.5 Å². The molecule has 5 nitrogen and oxygen atoms in total. The van der Waals surface area contributed by atoms with Gasteiger partial charge in [-0.1, -0.05) is 128 Å². The summed E-state index contributed by atoms with van der Waals surface area (Å²) in [5.74, 6) is 1.43. The fourth-order valence-electron chi connectivity index (χ4n) is 5.21. The second-order valence-electron chi connectivity index (χ2n) is 11.2. The third-order valence-electron chi connectivity index (χ3n) is 7.65. The van der Waals surface area contributed by atoms with Gasteiger partial charge in [-0.3, -0.25) is 9.32 Å². The summed E-state index contributed by atoms with van der Waals surface area (Å²) in [5.41, 5.74) is 3.24. The van der Waals surface area contributed by atoms with E-state index in [1.165, 1.54) is 121 Å². The molecule has 0 radical (unpaired) electrons. The van der Waals surface area contributed by atoms with E-state index in [4.69, 9.17) is 13.4 Å². The van der Waals surface area contributed by atoms with Crippen LogP contribution in [0.25, 0.3) is 0 Å². The second kappa shape index (κ2) is 26.0. The summed E-state index contributed by atoms with van der Waals surface area (Å²) in [6.07, 6.45) is 26.6. The smallest absolute Gasteiger partial charge is 0.373 e. The van der Waals surface area contributed by atoms with Gasteiger partial charge in [-0.25, -0.2) is 5.48 Å². The van der Waals surface area contributed by atoms with E-state index in [0.29, 0.717) is 24.1 Å². The van der Waals surface area contributed by atoms with Crippen molar-refractivity contribution >= 4 is 25.7 Å². The monoisotopic (exact) mass is 573 g/mol. The molecule has 1 fully saturated rings. The Morgan fingerprint density at radius 2 is 1.39 bits per heavy atom. The van der Waals surface area contributed by atoms with E-state index in [1.807, 2.05) is 6.92 Å². The van der Waals surface area contributed by atoms with Crippen molar-refractivity contribution in [3.63, 3.8) is 0 Å². The van der Waals surface area contributed by atoms with Crippen molar-refractivity contribution in [2.75, 3.05) is 25.5 Å². The minimum Gasteiger partial charge on any atom is -0.373 e. The van der Waals surface area contributed by atoms with Crippen molar-refractivity contribution < 1.29 is 18.2 Å². The van der Waals surface area contributed by atoms with E-state index in [-0.39, 0.29) is 0 Å². The molecule has 1 heterocycles. The Balaban J connectivity index is 2.12. The van der Waals surface area contributed by atoms with E-state index >= 15 is 0 Å². The first-order valence-electron chi connectivity index (χ1n) is 16.5. The van der Waals surface area contributed by atoms with E-state index < -0.39 is 8.80 Å². The number of nitrogens with one attached hydrogen (secondary N) is 1. The van der Waals surface area contributed by atoms with Crippen LogP contribution >= 0.6 is 11.8 Å². The molecule has 2 unspecified atom stereocenters. The molecule has 0 aromatic carbocycles. The highest BCUT2D eigenvalue weighted by molar-refractivity contribution is 8.13. The topological polar surface area (TPSA) is 56.8 Å². The first kappa shape index (κ1) is 36.1. The van der Waals surface area contributed by atoms with Crippen molar-refractivity contribution in [1.29, 1.82) is 0 Å². The molecule has 0 saturated carbocycles. The van der Waals surface area contributed by atoms with Crippen LogP contribution in [0, 0.1) is 5.92 Å². The Labute approximate surface area is 242 Å². The van der Waals surface area contributed by atoms with Gasteiger partial charge in [0, 0.05) is 38.0 Å². The van der Waals surface area contributed by atoms with Gasteiger partial charge < -0.3 is 8.85 Å². The Morgan fingerprint density at radius 3 is 2.00 bits per heavy atom. The highest BCUT2D eigenvalue weighted by Crippen LogP contribution is 2.24. The minimum absolute atomic E-state index is 0.326. The van der Waals surface area contributed by atoms with Crippen LogP contribution in [0.3, 0.4) is 0 Å². The Morgan fingerprint density at radius 1 is 0.816 bits per heavy atom. The van der Waals surface area contributed by atoms with Gasteiger partial charge in [-0.2, -0.15) is 0 Å². The maximum absolute atomic E-state index is 12.2. The number of unbranched alkanes of at least 4 members (excludes halogenated alkanes) is 15. The number of hydrogen-bond donors (Lipinski definition) is 1. The molecule has 1 rings (SSSR count). The Kier molecular flexibility index (Phi) is 24.7. The number of thioether (sulfide) groups is 1. The van der Waals surface area contributed by atoms with Gasteiger partial charge in [0.15, 0.2) is 5.12 Å². The molecule has 0 aromatic rings. The summed E-state index contributed by atoms with van der Waals surface area (Å²) in [6, 6.07) is 0.772. The van der Waals surface area contributed by atoms with Gasteiger partial charge in [0.05, 0.1) is 0 Å². The summed E-state index contributed by atoms with van der Waals surface area (Å²) in [6.45, 7) is 8.72. The number of hydroxylamine groups is 1. The molecule has 0 aliphatic carbocycles. The van der Waals surface area contributed by atoms with E-state index in [2.05, 4.69) is 19.3 Å². The standard InChI is InChI=1S/C31H63NO4SSi/c1-4-7-9-11-12-13-14-15-16-17-19-20-23-30-25-26-35-38(34-6-3,36-32-29-30)28-22-27-37-31(33)24-21-18-10-8-5-2/h30,32H,4-29H2,1-3H3. The SMILES string of the molecule is CCCCCCCCCCCCCCC1CCO[Si](CCCSC(=O)CCCCCCC)(OCC)ONC1.